The van der Waals surface area contributed by atoms with Gasteiger partial charge in [-0.1, -0.05) is 65.7 Å². The van der Waals surface area contributed by atoms with Crippen LogP contribution < -0.4 is 0 Å². The van der Waals surface area contributed by atoms with E-state index in [4.69, 9.17) is 46.4 Å². The summed E-state index contributed by atoms with van der Waals surface area (Å²) in [6.45, 7) is 0.397. The van der Waals surface area contributed by atoms with Crippen molar-refractivity contribution in [2.75, 3.05) is 6.54 Å². The number of imide groups is 1. The third-order valence-corrected chi connectivity index (χ3v) is 6.15. The highest BCUT2D eigenvalue weighted by Crippen LogP contribution is 2.45. The van der Waals surface area contributed by atoms with Crippen molar-refractivity contribution in [1.29, 1.82) is 0 Å². The van der Waals surface area contributed by atoms with Gasteiger partial charge < -0.3 is 0 Å². The smallest absolute Gasteiger partial charge is 0.263 e. The summed E-state index contributed by atoms with van der Waals surface area (Å²) in [5.41, 5.74) is 0.142. The van der Waals surface area contributed by atoms with E-state index in [1.165, 1.54) is 11.3 Å². The van der Waals surface area contributed by atoms with Gasteiger partial charge in [-0.15, -0.1) is 0 Å². The van der Waals surface area contributed by atoms with Gasteiger partial charge in [0.25, 0.3) is 11.8 Å². The minimum atomic E-state index is -0.434. The van der Waals surface area contributed by atoms with Crippen LogP contribution in [0.3, 0.4) is 0 Å². The first-order chi connectivity index (χ1) is 10.4. The van der Waals surface area contributed by atoms with Crippen molar-refractivity contribution < 1.29 is 9.59 Å². The lowest BCUT2D eigenvalue weighted by Crippen LogP contribution is -2.35. The molecule has 2 aliphatic rings. The second-order valence-electron chi connectivity index (χ2n) is 5.73. The number of nitrogens with zero attached hydrogens (tertiary/aromatic N) is 1. The molecule has 118 valence electrons. The van der Waals surface area contributed by atoms with E-state index in [-0.39, 0.29) is 31.2 Å². The van der Waals surface area contributed by atoms with Gasteiger partial charge in [0.05, 0.1) is 31.2 Å². The van der Waals surface area contributed by atoms with Crippen molar-refractivity contribution in [2.24, 2.45) is 5.92 Å². The third-order valence-electron chi connectivity index (χ3n) is 4.35. The Labute approximate surface area is 148 Å². The quantitative estimate of drug-likeness (QED) is 0.387. The number of carbonyl (C=O) groups excluding carboxylic acids is 2. The predicted molar refractivity (Wildman–Crippen MR) is 88.4 cm³/mol. The highest BCUT2D eigenvalue weighted by atomic mass is 35.5. The van der Waals surface area contributed by atoms with E-state index in [0.29, 0.717) is 12.5 Å². The summed E-state index contributed by atoms with van der Waals surface area (Å²) in [5.74, 6) is -0.536. The minimum absolute atomic E-state index is 0.00411. The highest BCUT2D eigenvalue weighted by molar-refractivity contribution is 6.55. The molecule has 0 unspecified atom stereocenters. The maximum absolute atomic E-state index is 12.6. The van der Waals surface area contributed by atoms with Crippen molar-refractivity contribution in [3.8, 4) is 0 Å². The SMILES string of the molecule is O=C1c2c(Cl)c(Cl)c(Cl)c(Cl)c2C(=O)N1CC1CCCCC1. The molecule has 1 heterocycles. The Morgan fingerprint density at radius 3 is 1.68 bits per heavy atom. The standard InChI is InChI=1S/C15H13Cl4NO2/c16-10-8-9(11(17)13(19)12(10)18)15(22)20(14(8)21)6-7-4-2-1-3-5-7/h7H,1-6H2. The molecular weight excluding hydrogens is 368 g/mol. The topological polar surface area (TPSA) is 37.4 Å². The Kier molecular flexibility index (Phi) is 4.61. The molecule has 0 spiro atoms. The van der Waals surface area contributed by atoms with Crippen LogP contribution in [0, 0.1) is 5.92 Å². The van der Waals surface area contributed by atoms with Gasteiger partial charge in [-0.25, -0.2) is 0 Å². The van der Waals surface area contributed by atoms with Crippen LogP contribution in [0.2, 0.25) is 20.1 Å². The zero-order chi connectivity index (χ0) is 16.0. The van der Waals surface area contributed by atoms with E-state index in [0.717, 1.165) is 25.7 Å². The summed E-state index contributed by atoms with van der Waals surface area (Å²) >= 11 is 24.2. The molecule has 0 atom stereocenters. The molecule has 2 amide bonds. The first-order valence-corrected chi connectivity index (χ1v) is 8.66. The zero-order valence-corrected chi connectivity index (χ0v) is 14.6. The summed E-state index contributed by atoms with van der Waals surface area (Å²) in [6.07, 6.45) is 5.52. The normalized spacial score (nSPS) is 19.0. The van der Waals surface area contributed by atoms with E-state index in [9.17, 15) is 9.59 Å². The van der Waals surface area contributed by atoms with Crippen LogP contribution in [0.15, 0.2) is 0 Å². The molecule has 1 aromatic carbocycles. The first-order valence-electron chi connectivity index (χ1n) is 7.15. The van der Waals surface area contributed by atoms with E-state index in [1.807, 2.05) is 0 Å². The molecule has 1 fully saturated rings. The fraction of sp³-hybridized carbons (Fsp3) is 0.467. The Balaban J connectivity index is 1.98. The molecule has 22 heavy (non-hydrogen) atoms. The molecule has 0 N–H and O–H groups in total. The highest BCUT2D eigenvalue weighted by Gasteiger charge is 2.42. The summed E-state index contributed by atoms with van der Waals surface area (Å²) in [6, 6.07) is 0. The van der Waals surface area contributed by atoms with Gasteiger partial charge >= 0.3 is 0 Å². The monoisotopic (exact) mass is 379 g/mol. The maximum Gasteiger partial charge on any atom is 0.263 e. The van der Waals surface area contributed by atoms with Gasteiger partial charge in [0, 0.05) is 6.54 Å². The average Bonchev–Trinajstić information content (AvgIpc) is 2.76. The molecule has 1 saturated carbocycles. The predicted octanol–water partition coefficient (Wildman–Crippen LogP) is 5.48. The number of hydrogen-bond donors (Lipinski definition) is 0. The maximum atomic E-state index is 12.6. The fourth-order valence-corrected chi connectivity index (χ4v) is 4.20. The summed E-state index contributed by atoms with van der Waals surface area (Å²) in [7, 11) is 0. The van der Waals surface area contributed by atoms with Crippen LogP contribution in [0.4, 0.5) is 0 Å². The Morgan fingerprint density at radius 1 is 0.773 bits per heavy atom. The number of amides is 2. The van der Waals surface area contributed by atoms with E-state index in [1.54, 1.807) is 0 Å². The lowest BCUT2D eigenvalue weighted by Gasteiger charge is -2.25. The molecule has 0 radical (unpaired) electrons. The van der Waals surface area contributed by atoms with Gasteiger partial charge in [0.15, 0.2) is 0 Å². The number of benzene rings is 1. The van der Waals surface area contributed by atoms with Crippen molar-refractivity contribution in [3.63, 3.8) is 0 Å². The fourth-order valence-electron chi connectivity index (χ4n) is 3.19. The summed E-state index contributed by atoms with van der Waals surface area (Å²) in [4.78, 5) is 26.4. The van der Waals surface area contributed by atoms with E-state index >= 15 is 0 Å². The summed E-state index contributed by atoms with van der Waals surface area (Å²) < 4.78 is 0. The number of halogens is 4. The van der Waals surface area contributed by atoms with Gasteiger partial charge in [-0.3, -0.25) is 14.5 Å². The lowest BCUT2D eigenvalue weighted by molar-refractivity contribution is 0.0617. The van der Waals surface area contributed by atoms with Crippen molar-refractivity contribution in [3.05, 3.63) is 31.2 Å². The number of rotatable bonds is 2. The van der Waals surface area contributed by atoms with Crippen molar-refractivity contribution >= 4 is 58.2 Å². The van der Waals surface area contributed by atoms with Crippen molar-refractivity contribution in [2.45, 2.75) is 32.1 Å². The zero-order valence-electron chi connectivity index (χ0n) is 11.6. The molecule has 1 aliphatic carbocycles. The van der Waals surface area contributed by atoms with Gasteiger partial charge in [-0.2, -0.15) is 0 Å². The largest absolute Gasteiger partial charge is 0.274 e. The Bertz CT molecular complexity index is 621. The van der Waals surface area contributed by atoms with Gasteiger partial charge in [-0.05, 0) is 18.8 Å². The molecular formula is C15H13Cl4NO2. The Morgan fingerprint density at radius 2 is 1.23 bits per heavy atom. The van der Waals surface area contributed by atoms with Crippen LogP contribution in [0.1, 0.15) is 52.8 Å². The molecule has 1 aromatic rings. The Hall–Kier alpha value is -0.480. The lowest BCUT2D eigenvalue weighted by atomic mass is 9.89. The second kappa shape index (κ2) is 6.20. The summed E-state index contributed by atoms with van der Waals surface area (Å²) in [5, 5.41) is 0.00613. The molecule has 1 aliphatic heterocycles. The average molecular weight is 381 g/mol. The van der Waals surface area contributed by atoms with Gasteiger partial charge in [0.2, 0.25) is 0 Å². The minimum Gasteiger partial charge on any atom is -0.274 e. The molecule has 7 heteroatoms. The third kappa shape index (κ3) is 2.52. The number of fused-ring (bicyclic) bond motifs is 1. The number of carbonyl (C=O) groups is 2. The molecule has 3 rings (SSSR count). The molecule has 0 saturated heterocycles. The van der Waals surface area contributed by atoms with Gasteiger partial charge in [0.1, 0.15) is 0 Å². The first kappa shape index (κ1) is 16.4. The van der Waals surface area contributed by atoms with Crippen LogP contribution in [0.5, 0.6) is 0 Å². The number of hydrogen-bond acceptors (Lipinski definition) is 2. The van der Waals surface area contributed by atoms with Crippen LogP contribution in [0.25, 0.3) is 0 Å². The van der Waals surface area contributed by atoms with Crippen molar-refractivity contribution in [1.82, 2.24) is 4.90 Å². The van der Waals surface area contributed by atoms with Crippen LogP contribution in [-0.2, 0) is 0 Å². The van der Waals surface area contributed by atoms with Crippen LogP contribution in [-0.4, -0.2) is 23.3 Å². The van der Waals surface area contributed by atoms with Crippen LogP contribution >= 0.6 is 46.4 Å². The molecule has 3 nitrogen and oxygen atoms in total. The van der Waals surface area contributed by atoms with E-state index < -0.39 is 11.8 Å². The van der Waals surface area contributed by atoms with E-state index in [2.05, 4.69) is 0 Å². The second-order valence-corrected chi connectivity index (χ2v) is 7.24. The molecule has 0 aromatic heterocycles. The molecule has 0 bridgehead atoms.